The Kier molecular flexibility index (Phi) is 5.17. The van der Waals surface area contributed by atoms with Crippen molar-refractivity contribution in [1.82, 2.24) is 9.03 Å². The molecule has 0 amide bonds. The zero-order chi connectivity index (χ0) is 14.0. The molecule has 1 rings (SSSR count). The van der Waals surface area contributed by atoms with Gasteiger partial charge in [0.25, 0.3) is 10.2 Å². The number of hydrogen-bond acceptors (Lipinski definition) is 3. The molecule has 0 saturated carbocycles. The van der Waals surface area contributed by atoms with Gasteiger partial charge in [-0.05, 0) is 47.0 Å². The van der Waals surface area contributed by atoms with Gasteiger partial charge >= 0.3 is 0 Å². The highest BCUT2D eigenvalue weighted by Gasteiger charge is 2.34. The summed E-state index contributed by atoms with van der Waals surface area (Å²) in [5.74, 6) is 0. The van der Waals surface area contributed by atoms with Crippen LogP contribution in [0, 0.1) is 0 Å². The van der Waals surface area contributed by atoms with E-state index in [1.165, 1.54) is 4.31 Å². The van der Waals surface area contributed by atoms with Gasteiger partial charge in [0, 0.05) is 18.1 Å². The number of hydrogen-bond donors (Lipinski definition) is 2. The molecule has 0 bridgehead atoms. The highest BCUT2D eigenvalue weighted by atomic mass is 32.2. The molecule has 5 nitrogen and oxygen atoms in total. The lowest BCUT2D eigenvalue weighted by Gasteiger charge is -2.37. The Morgan fingerprint density at radius 3 is 2.50 bits per heavy atom. The van der Waals surface area contributed by atoms with Crippen molar-refractivity contribution in [2.75, 3.05) is 6.54 Å². The Labute approximate surface area is 111 Å². The van der Waals surface area contributed by atoms with E-state index in [2.05, 4.69) is 4.72 Å². The predicted octanol–water partition coefficient (Wildman–Crippen LogP) is 1.24. The van der Waals surface area contributed by atoms with Gasteiger partial charge in [0.1, 0.15) is 0 Å². The maximum atomic E-state index is 12.3. The van der Waals surface area contributed by atoms with Crippen LogP contribution in [0.3, 0.4) is 0 Å². The number of nitrogens with one attached hydrogen (secondary N) is 1. The number of aliphatic hydroxyl groups excluding tert-OH is 1. The van der Waals surface area contributed by atoms with Gasteiger partial charge in [0.05, 0.1) is 6.10 Å². The van der Waals surface area contributed by atoms with Crippen LogP contribution in [0.5, 0.6) is 0 Å². The summed E-state index contributed by atoms with van der Waals surface area (Å²) in [6.07, 6.45) is 2.78. The van der Waals surface area contributed by atoms with Crippen molar-refractivity contribution in [2.45, 2.75) is 71.1 Å². The van der Waals surface area contributed by atoms with Gasteiger partial charge in [-0.25, -0.2) is 0 Å². The quantitative estimate of drug-likeness (QED) is 0.813. The first-order valence-electron chi connectivity index (χ1n) is 6.60. The van der Waals surface area contributed by atoms with Crippen molar-refractivity contribution in [3.63, 3.8) is 0 Å². The molecule has 1 heterocycles. The lowest BCUT2D eigenvalue weighted by molar-refractivity contribution is 0.130. The van der Waals surface area contributed by atoms with E-state index in [1.54, 1.807) is 6.92 Å². The summed E-state index contributed by atoms with van der Waals surface area (Å²) in [6.45, 7) is 7.74. The van der Waals surface area contributed by atoms with E-state index in [9.17, 15) is 13.5 Å². The molecule has 18 heavy (non-hydrogen) atoms. The van der Waals surface area contributed by atoms with E-state index in [1.807, 2.05) is 20.8 Å². The molecule has 1 saturated heterocycles. The highest BCUT2D eigenvalue weighted by molar-refractivity contribution is 7.87. The van der Waals surface area contributed by atoms with Gasteiger partial charge < -0.3 is 5.11 Å². The van der Waals surface area contributed by atoms with Crippen LogP contribution in [-0.4, -0.2) is 42.1 Å². The van der Waals surface area contributed by atoms with Crippen molar-refractivity contribution in [3.8, 4) is 0 Å². The van der Waals surface area contributed by atoms with Gasteiger partial charge in [-0.3, -0.25) is 0 Å². The zero-order valence-electron chi connectivity index (χ0n) is 11.8. The second-order valence-electron chi connectivity index (χ2n) is 6.20. The molecule has 2 unspecified atom stereocenters. The summed E-state index contributed by atoms with van der Waals surface area (Å²) in [4.78, 5) is 0. The fourth-order valence-electron chi connectivity index (χ4n) is 2.37. The smallest absolute Gasteiger partial charge is 0.280 e. The molecule has 2 N–H and O–H groups in total. The fraction of sp³-hybridized carbons (Fsp3) is 1.00. The molecule has 0 radical (unpaired) electrons. The standard InChI is InChI=1S/C12H26N2O3S/c1-10(15)9-11-7-5-6-8-14(11)18(16,17)13-12(2,3)4/h10-11,13,15H,5-9H2,1-4H3. The van der Waals surface area contributed by atoms with E-state index < -0.39 is 21.9 Å². The molecule has 108 valence electrons. The predicted molar refractivity (Wildman–Crippen MR) is 72.5 cm³/mol. The van der Waals surface area contributed by atoms with E-state index in [0.29, 0.717) is 13.0 Å². The third-order valence-corrected chi connectivity index (χ3v) is 4.90. The van der Waals surface area contributed by atoms with Crippen LogP contribution < -0.4 is 4.72 Å². The average molecular weight is 278 g/mol. The highest BCUT2D eigenvalue weighted by Crippen LogP contribution is 2.24. The molecule has 0 aromatic heterocycles. The van der Waals surface area contributed by atoms with Gasteiger partial charge in [-0.1, -0.05) is 6.42 Å². The van der Waals surface area contributed by atoms with Crippen LogP contribution in [-0.2, 0) is 10.2 Å². The summed E-state index contributed by atoms with van der Waals surface area (Å²) in [5, 5.41) is 9.48. The fourth-order valence-corrected chi connectivity index (χ4v) is 4.21. The molecular formula is C12H26N2O3S. The third kappa shape index (κ3) is 4.84. The number of rotatable bonds is 4. The van der Waals surface area contributed by atoms with Crippen molar-refractivity contribution >= 4 is 10.2 Å². The second kappa shape index (κ2) is 5.86. The number of piperidine rings is 1. The molecule has 0 aliphatic carbocycles. The first-order valence-corrected chi connectivity index (χ1v) is 8.04. The van der Waals surface area contributed by atoms with Crippen LogP contribution in [0.1, 0.15) is 53.4 Å². The van der Waals surface area contributed by atoms with Crippen LogP contribution in [0.4, 0.5) is 0 Å². The Morgan fingerprint density at radius 2 is 2.00 bits per heavy atom. The second-order valence-corrected chi connectivity index (χ2v) is 7.83. The molecule has 0 spiro atoms. The summed E-state index contributed by atoms with van der Waals surface area (Å²) in [7, 11) is -3.46. The topological polar surface area (TPSA) is 69.6 Å². The molecule has 0 aromatic rings. The first kappa shape index (κ1) is 15.9. The minimum Gasteiger partial charge on any atom is -0.393 e. The lowest BCUT2D eigenvalue weighted by Crippen LogP contribution is -2.54. The molecule has 1 aliphatic heterocycles. The molecule has 1 fully saturated rings. The van der Waals surface area contributed by atoms with Crippen LogP contribution in [0.2, 0.25) is 0 Å². The Morgan fingerprint density at radius 1 is 1.39 bits per heavy atom. The normalized spacial score (nSPS) is 25.1. The van der Waals surface area contributed by atoms with Gasteiger partial charge in [0.15, 0.2) is 0 Å². The Hall–Kier alpha value is -0.170. The maximum Gasteiger partial charge on any atom is 0.280 e. The van der Waals surface area contributed by atoms with Crippen LogP contribution >= 0.6 is 0 Å². The molecular weight excluding hydrogens is 252 g/mol. The lowest BCUT2D eigenvalue weighted by atomic mass is 10.00. The zero-order valence-corrected chi connectivity index (χ0v) is 12.6. The van der Waals surface area contributed by atoms with E-state index in [-0.39, 0.29) is 6.04 Å². The molecule has 0 aromatic carbocycles. The Balaban J connectivity index is 2.82. The SMILES string of the molecule is CC(O)CC1CCCCN1S(=O)(=O)NC(C)(C)C. The van der Waals surface area contributed by atoms with E-state index >= 15 is 0 Å². The molecule has 1 aliphatic rings. The van der Waals surface area contributed by atoms with E-state index in [0.717, 1.165) is 19.3 Å². The summed E-state index contributed by atoms with van der Waals surface area (Å²) in [6, 6.07) is -0.0846. The Bertz CT molecular complexity index is 360. The minimum atomic E-state index is -3.46. The van der Waals surface area contributed by atoms with Crippen molar-refractivity contribution < 1.29 is 13.5 Å². The van der Waals surface area contributed by atoms with Gasteiger partial charge in [-0.2, -0.15) is 17.4 Å². The van der Waals surface area contributed by atoms with Gasteiger partial charge in [0.2, 0.25) is 0 Å². The number of aliphatic hydroxyl groups is 1. The van der Waals surface area contributed by atoms with Crippen molar-refractivity contribution in [3.05, 3.63) is 0 Å². The third-order valence-electron chi connectivity index (χ3n) is 2.93. The molecule has 6 heteroatoms. The number of nitrogens with zero attached hydrogens (tertiary/aromatic N) is 1. The van der Waals surface area contributed by atoms with E-state index in [4.69, 9.17) is 0 Å². The largest absolute Gasteiger partial charge is 0.393 e. The van der Waals surface area contributed by atoms with Gasteiger partial charge in [-0.15, -0.1) is 0 Å². The maximum absolute atomic E-state index is 12.3. The van der Waals surface area contributed by atoms with Crippen LogP contribution in [0.15, 0.2) is 0 Å². The summed E-state index contributed by atoms with van der Waals surface area (Å²) >= 11 is 0. The summed E-state index contributed by atoms with van der Waals surface area (Å²) < 4.78 is 28.9. The van der Waals surface area contributed by atoms with Crippen molar-refractivity contribution in [2.24, 2.45) is 0 Å². The first-order chi connectivity index (χ1) is 8.12. The summed E-state index contributed by atoms with van der Waals surface area (Å²) in [5.41, 5.74) is -0.480. The monoisotopic (exact) mass is 278 g/mol. The minimum absolute atomic E-state index is 0.0846. The molecule has 2 atom stereocenters. The van der Waals surface area contributed by atoms with Crippen molar-refractivity contribution in [1.29, 1.82) is 0 Å². The van der Waals surface area contributed by atoms with Crippen LogP contribution in [0.25, 0.3) is 0 Å². The average Bonchev–Trinajstić information content (AvgIpc) is 2.13.